The number of nitrogens with zero attached hydrogens (tertiary/aromatic N) is 2. The smallest absolute Gasteiger partial charge is 0.316 e. The average Bonchev–Trinajstić information content (AvgIpc) is 2.68. The molecule has 27 heavy (non-hydrogen) atoms. The predicted octanol–water partition coefficient (Wildman–Crippen LogP) is 2.79. The van der Waals surface area contributed by atoms with Crippen LogP contribution in [0.5, 0.6) is 0 Å². The zero-order chi connectivity index (χ0) is 19.4. The third kappa shape index (κ3) is 4.46. The third-order valence-electron chi connectivity index (χ3n) is 4.43. The van der Waals surface area contributed by atoms with Crippen molar-refractivity contribution in [2.24, 2.45) is 5.92 Å². The summed E-state index contributed by atoms with van der Waals surface area (Å²) < 4.78 is 0. The van der Waals surface area contributed by atoms with E-state index in [0.717, 1.165) is 0 Å². The van der Waals surface area contributed by atoms with Crippen LogP contribution in [0.4, 0.5) is 11.4 Å². The summed E-state index contributed by atoms with van der Waals surface area (Å²) in [4.78, 5) is 40.2. The molecule has 0 unspecified atom stereocenters. The molecule has 0 aliphatic carbocycles. The molecule has 1 N–H and O–H groups in total. The first-order valence-corrected chi connectivity index (χ1v) is 9.06. The van der Waals surface area contributed by atoms with Crippen molar-refractivity contribution in [3.63, 3.8) is 0 Å². The molecule has 7 heteroatoms. The van der Waals surface area contributed by atoms with Crippen molar-refractivity contribution in [2.75, 3.05) is 29.9 Å². The second kappa shape index (κ2) is 8.22. The molecule has 6 nitrogen and oxygen atoms in total. The topological polar surface area (TPSA) is 69.7 Å². The fourth-order valence-electron chi connectivity index (χ4n) is 2.92. The van der Waals surface area contributed by atoms with Crippen LogP contribution in [-0.4, -0.2) is 42.3 Å². The maximum atomic E-state index is 12.5. The lowest BCUT2D eigenvalue weighted by Crippen LogP contribution is -2.55. The Balaban J connectivity index is 1.59. The lowest BCUT2D eigenvalue weighted by atomic mass is 10.1. The molecule has 1 saturated heterocycles. The highest BCUT2D eigenvalue weighted by atomic mass is 35.5. The number of carbonyl (C=O) groups is 3. The average molecular weight is 386 g/mol. The van der Waals surface area contributed by atoms with Crippen molar-refractivity contribution < 1.29 is 14.4 Å². The number of hydrogen-bond acceptors (Lipinski definition) is 3. The molecule has 2 aromatic rings. The molecule has 0 bridgehead atoms. The van der Waals surface area contributed by atoms with E-state index in [1.54, 1.807) is 43.3 Å². The number of rotatable bonds is 5. The lowest BCUT2D eigenvalue weighted by Gasteiger charge is -2.34. The van der Waals surface area contributed by atoms with Gasteiger partial charge in [-0.15, -0.1) is 0 Å². The van der Waals surface area contributed by atoms with Crippen LogP contribution in [0.2, 0.25) is 5.02 Å². The number of nitrogens with one attached hydrogen (secondary N) is 1. The van der Waals surface area contributed by atoms with E-state index in [-0.39, 0.29) is 12.5 Å². The van der Waals surface area contributed by atoms with Crippen LogP contribution in [0.1, 0.15) is 6.92 Å². The van der Waals surface area contributed by atoms with Crippen molar-refractivity contribution in [1.29, 1.82) is 0 Å². The molecular formula is C20H20ClN3O3. The summed E-state index contributed by atoms with van der Waals surface area (Å²) in [5.41, 5.74) is 1.33. The molecule has 3 amide bonds. The fourth-order valence-corrected chi connectivity index (χ4v) is 3.04. The van der Waals surface area contributed by atoms with Crippen molar-refractivity contribution in [2.45, 2.75) is 6.92 Å². The Hall–Kier alpha value is -2.86. The van der Waals surface area contributed by atoms with Gasteiger partial charge in [0.05, 0.1) is 5.92 Å². The molecule has 3 rings (SSSR count). The number of halogens is 1. The predicted molar refractivity (Wildman–Crippen MR) is 105 cm³/mol. The minimum Gasteiger partial charge on any atom is -0.332 e. The number of para-hydroxylation sites is 1. The van der Waals surface area contributed by atoms with E-state index < -0.39 is 17.7 Å². The number of piperazine rings is 1. The van der Waals surface area contributed by atoms with E-state index in [9.17, 15) is 14.4 Å². The first-order valence-electron chi connectivity index (χ1n) is 8.68. The van der Waals surface area contributed by atoms with Gasteiger partial charge in [0.1, 0.15) is 0 Å². The van der Waals surface area contributed by atoms with Gasteiger partial charge >= 0.3 is 11.8 Å². The second-order valence-electron chi connectivity index (χ2n) is 6.44. The minimum atomic E-state index is -0.587. The highest BCUT2D eigenvalue weighted by Gasteiger charge is 2.34. The summed E-state index contributed by atoms with van der Waals surface area (Å²) in [7, 11) is 0. The van der Waals surface area contributed by atoms with Crippen LogP contribution < -0.4 is 10.2 Å². The summed E-state index contributed by atoms with van der Waals surface area (Å²) in [5, 5.41) is 3.37. The number of carbonyl (C=O) groups excluding carboxylic acids is 3. The number of anilines is 2. The Morgan fingerprint density at radius 3 is 2.37 bits per heavy atom. The summed E-state index contributed by atoms with van der Waals surface area (Å²) in [6.45, 7) is 2.71. The molecule has 1 aliphatic heterocycles. The van der Waals surface area contributed by atoms with Crippen LogP contribution in [0.15, 0.2) is 54.6 Å². The summed E-state index contributed by atoms with van der Waals surface area (Å²) in [5.74, 6) is -1.84. The largest absolute Gasteiger partial charge is 0.332 e. The van der Waals surface area contributed by atoms with Crippen molar-refractivity contribution in [1.82, 2.24) is 4.90 Å². The molecule has 1 fully saturated rings. The zero-order valence-corrected chi connectivity index (χ0v) is 15.6. The SMILES string of the molecule is C[C@H](CN1CCN(c2ccccc2)C(=O)C1=O)C(=O)Nc1ccc(Cl)cc1. The van der Waals surface area contributed by atoms with Crippen LogP contribution >= 0.6 is 11.6 Å². The van der Waals surface area contributed by atoms with Gasteiger partial charge in [0.2, 0.25) is 5.91 Å². The van der Waals surface area contributed by atoms with Crippen LogP contribution in [0, 0.1) is 5.92 Å². The van der Waals surface area contributed by atoms with Gasteiger partial charge in [-0.05, 0) is 36.4 Å². The van der Waals surface area contributed by atoms with E-state index in [2.05, 4.69) is 5.32 Å². The van der Waals surface area contributed by atoms with Crippen LogP contribution in [-0.2, 0) is 14.4 Å². The van der Waals surface area contributed by atoms with Gasteiger partial charge in [-0.25, -0.2) is 0 Å². The molecule has 2 aromatic carbocycles. The molecule has 0 radical (unpaired) electrons. The highest BCUT2D eigenvalue weighted by molar-refractivity contribution is 6.41. The number of amides is 3. The van der Waals surface area contributed by atoms with E-state index >= 15 is 0 Å². The Bertz CT molecular complexity index is 839. The number of benzene rings is 2. The van der Waals surface area contributed by atoms with Crippen LogP contribution in [0.25, 0.3) is 0 Å². The molecule has 0 aromatic heterocycles. The quantitative estimate of drug-likeness (QED) is 0.804. The van der Waals surface area contributed by atoms with E-state index in [1.807, 2.05) is 18.2 Å². The second-order valence-corrected chi connectivity index (χ2v) is 6.88. The van der Waals surface area contributed by atoms with E-state index in [0.29, 0.717) is 29.5 Å². The third-order valence-corrected chi connectivity index (χ3v) is 4.68. The fraction of sp³-hybridized carbons (Fsp3) is 0.250. The Kier molecular flexibility index (Phi) is 5.76. The van der Waals surface area contributed by atoms with Gasteiger partial charge in [-0.1, -0.05) is 36.7 Å². The van der Waals surface area contributed by atoms with Gasteiger partial charge in [-0.3, -0.25) is 14.4 Å². The zero-order valence-electron chi connectivity index (χ0n) is 14.9. The van der Waals surface area contributed by atoms with Gasteiger partial charge in [-0.2, -0.15) is 0 Å². The summed E-state index contributed by atoms with van der Waals surface area (Å²) in [6.07, 6.45) is 0. The molecule has 140 valence electrons. The van der Waals surface area contributed by atoms with Gasteiger partial charge in [0, 0.05) is 36.0 Å². The van der Waals surface area contributed by atoms with Gasteiger partial charge in [0.25, 0.3) is 0 Å². The molecule has 1 heterocycles. The molecule has 0 saturated carbocycles. The summed E-state index contributed by atoms with van der Waals surface area (Å²) >= 11 is 5.83. The van der Waals surface area contributed by atoms with Crippen molar-refractivity contribution >= 4 is 40.7 Å². The normalized spacial score (nSPS) is 15.6. The van der Waals surface area contributed by atoms with Gasteiger partial charge < -0.3 is 15.1 Å². The van der Waals surface area contributed by atoms with Crippen molar-refractivity contribution in [3.05, 3.63) is 59.6 Å². The highest BCUT2D eigenvalue weighted by Crippen LogP contribution is 2.19. The maximum absolute atomic E-state index is 12.5. The van der Waals surface area contributed by atoms with E-state index in [1.165, 1.54) is 9.80 Å². The molecule has 1 aliphatic rings. The monoisotopic (exact) mass is 385 g/mol. The lowest BCUT2D eigenvalue weighted by molar-refractivity contribution is -0.147. The number of hydrogen-bond donors (Lipinski definition) is 1. The Morgan fingerprint density at radius 2 is 1.70 bits per heavy atom. The first kappa shape index (κ1) is 18.9. The minimum absolute atomic E-state index is 0.187. The van der Waals surface area contributed by atoms with E-state index in [4.69, 9.17) is 11.6 Å². The molecule has 0 spiro atoms. The first-order chi connectivity index (χ1) is 13.0. The standard InChI is InChI=1S/C20H20ClN3O3/c1-14(18(25)22-16-9-7-15(21)8-10-16)13-23-11-12-24(20(27)19(23)26)17-5-3-2-4-6-17/h2-10,14H,11-13H2,1H3,(H,22,25)/t14-/m1/s1. The maximum Gasteiger partial charge on any atom is 0.316 e. The van der Waals surface area contributed by atoms with Crippen molar-refractivity contribution in [3.8, 4) is 0 Å². The van der Waals surface area contributed by atoms with Gasteiger partial charge in [0.15, 0.2) is 0 Å². The Labute approximate surface area is 162 Å². The summed E-state index contributed by atoms with van der Waals surface area (Å²) in [6, 6.07) is 15.9. The molecular weight excluding hydrogens is 366 g/mol. The molecule has 1 atom stereocenters. The Morgan fingerprint density at radius 1 is 1.04 bits per heavy atom. The van der Waals surface area contributed by atoms with Crippen LogP contribution in [0.3, 0.4) is 0 Å².